The first-order chi connectivity index (χ1) is 13.0. The number of rotatable bonds is 2. The largest absolute Gasteiger partial charge is 0.324 e. The normalized spacial score (nSPS) is 18.1. The fourth-order valence-electron chi connectivity index (χ4n) is 3.42. The number of carbonyl (C=O) groups excluding carboxylic acids is 1. The van der Waals surface area contributed by atoms with Gasteiger partial charge in [-0.05, 0) is 42.8 Å². The molecule has 2 amide bonds. The summed E-state index contributed by atoms with van der Waals surface area (Å²) in [6.45, 7) is 3.31. The van der Waals surface area contributed by atoms with Crippen LogP contribution in [0, 0.1) is 6.92 Å². The number of amides is 2. The fraction of sp³-hybridized carbons (Fsp3) is 0.286. The van der Waals surface area contributed by atoms with Crippen molar-refractivity contribution in [1.82, 2.24) is 10.4 Å². The van der Waals surface area contributed by atoms with Gasteiger partial charge in [-0.2, -0.15) is 0 Å². The van der Waals surface area contributed by atoms with Gasteiger partial charge in [-0.15, -0.1) is 0 Å². The number of likely N-dealkylation sites (tertiary alicyclic amines) is 1. The van der Waals surface area contributed by atoms with Crippen LogP contribution in [0.25, 0.3) is 5.70 Å². The summed E-state index contributed by atoms with van der Waals surface area (Å²) in [5.41, 5.74) is 6.64. The molecule has 1 spiro atoms. The van der Waals surface area contributed by atoms with Gasteiger partial charge in [0.1, 0.15) is 5.60 Å². The second-order valence-corrected chi connectivity index (χ2v) is 7.55. The highest BCUT2D eigenvalue weighted by Gasteiger charge is 2.39. The van der Waals surface area contributed by atoms with E-state index in [0.29, 0.717) is 18.1 Å². The van der Waals surface area contributed by atoms with E-state index in [4.69, 9.17) is 16.4 Å². The van der Waals surface area contributed by atoms with Crippen molar-refractivity contribution in [3.63, 3.8) is 0 Å². The molecule has 2 aromatic rings. The first-order valence-corrected chi connectivity index (χ1v) is 9.46. The third-order valence-corrected chi connectivity index (χ3v) is 5.38. The third-order valence-electron chi connectivity index (χ3n) is 5.13. The van der Waals surface area contributed by atoms with Crippen molar-refractivity contribution in [3.8, 4) is 0 Å². The molecule has 140 valence electrons. The van der Waals surface area contributed by atoms with Gasteiger partial charge in [0, 0.05) is 36.6 Å². The third kappa shape index (κ3) is 3.94. The maximum atomic E-state index is 12.5. The summed E-state index contributed by atoms with van der Waals surface area (Å²) >= 11 is 5.96. The molecule has 2 N–H and O–H groups in total. The van der Waals surface area contributed by atoms with Crippen molar-refractivity contribution < 1.29 is 9.63 Å². The number of aryl methyl sites for hydroxylation is 1. The molecule has 0 saturated carbocycles. The summed E-state index contributed by atoms with van der Waals surface area (Å²) in [5, 5.41) is 3.67. The maximum absolute atomic E-state index is 12.5. The van der Waals surface area contributed by atoms with Crippen molar-refractivity contribution in [3.05, 3.63) is 70.8 Å². The van der Waals surface area contributed by atoms with Gasteiger partial charge in [-0.25, -0.2) is 4.79 Å². The lowest BCUT2D eigenvalue weighted by atomic mass is 9.90. The number of hydrogen-bond donors (Lipinski definition) is 2. The Labute approximate surface area is 163 Å². The zero-order valence-corrected chi connectivity index (χ0v) is 15.9. The highest BCUT2D eigenvalue weighted by Crippen LogP contribution is 2.35. The van der Waals surface area contributed by atoms with Crippen LogP contribution < -0.4 is 10.8 Å². The molecule has 4 rings (SSSR count). The molecule has 0 unspecified atom stereocenters. The van der Waals surface area contributed by atoms with Gasteiger partial charge >= 0.3 is 6.03 Å². The molecular formula is C21H22ClN3O2. The lowest BCUT2D eigenvalue weighted by Gasteiger charge is -2.36. The van der Waals surface area contributed by atoms with Crippen LogP contribution in [-0.2, 0) is 4.84 Å². The van der Waals surface area contributed by atoms with Gasteiger partial charge in [0.15, 0.2) is 0 Å². The van der Waals surface area contributed by atoms with Gasteiger partial charge in [0.25, 0.3) is 0 Å². The van der Waals surface area contributed by atoms with E-state index in [9.17, 15) is 4.79 Å². The molecule has 0 aromatic heterocycles. The minimum Gasteiger partial charge on any atom is -0.324 e. The molecule has 6 heteroatoms. The minimum atomic E-state index is -0.365. The predicted octanol–water partition coefficient (Wildman–Crippen LogP) is 4.59. The quantitative estimate of drug-likeness (QED) is 0.797. The van der Waals surface area contributed by atoms with E-state index in [-0.39, 0.29) is 11.6 Å². The Morgan fingerprint density at radius 3 is 2.44 bits per heavy atom. The molecule has 5 nitrogen and oxygen atoms in total. The van der Waals surface area contributed by atoms with Crippen LogP contribution in [0.2, 0.25) is 5.02 Å². The molecule has 0 bridgehead atoms. The van der Waals surface area contributed by atoms with E-state index in [1.165, 1.54) is 5.56 Å². The number of halogens is 1. The fourth-order valence-corrected chi connectivity index (χ4v) is 3.55. The van der Waals surface area contributed by atoms with Crippen LogP contribution in [-0.4, -0.2) is 29.6 Å². The Balaban J connectivity index is 1.37. The molecular weight excluding hydrogens is 362 g/mol. The average Bonchev–Trinajstić information content (AvgIpc) is 3.08. The summed E-state index contributed by atoms with van der Waals surface area (Å²) in [6.07, 6.45) is 3.63. The van der Waals surface area contributed by atoms with Crippen molar-refractivity contribution in [1.29, 1.82) is 0 Å². The molecule has 0 aliphatic carbocycles. The smallest absolute Gasteiger partial charge is 0.321 e. The summed E-state index contributed by atoms with van der Waals surface area (Å²) in [4.78, 5) is 20.2. The van der Waals surface area contributed by atoms with Crippen molar-refractivity contribution >= 4 is 29.0 Å². The first-order valence-electron chi connectivity index (χ1n) is 9.08. The molecule has 2 aromatic carbocycles. The van der Waals surface area contributed by atoms with Crippen LogP contribution in [0.3, 0.4) is 0 Å². The highest BCUT2D eigenvalue weighted by molar-refractivity contribution is 6.30. The first kappa shape index (κ1) is 17.9. The number of piperidine rings is 1. The Hall–Kier alpha value is -2.50. The Morgan fingerprint density at radius 1 is 1.11 bits per heavy atom. The lowest BCUT2D eigenvalue weighted by Crippen LogP contribution is -2.48. The van der Waals surface area contributed by atoms with Crippen LogP contribution in [0.1, 0.15) is 24.0 Å². The van der Waals surface area contributed by atoms with Gasteiger partial charge in [-0.1, -0.05) is 41.4 Å². The number of hydrogen-bond acceptors (Lipinski definition) is 3. The van der Waals surface area contributed by atoms with E-state index in [0.717, 1.165) is 29.8 Å². The van der Waals surface area contributed by atoms with E-state index in [1.54, 1.807) is 0 Å². The molecule has 1 saturated heterocycles. The van der Waals surface area contributed by atoms with Crippen LogP contribution >= 0.6 is 11.6 Å². The molecule has 2 aliphatic rings. The van der Waals surface area contributed by atoms with Crippen molar-refractivity contribution in [2.24, 2.45) is 0 Å². The molecule has 27 heavy (non-hydrogen) atoms. The monoisotopic (exact) mass is 383 g/mol. The number of hydroxylamine groups is 1. The number of nitrogens with zero attached hydrogens (tertiary/aromatic N) is 1. The minimum absolute atomic E-state index is 0.0680. The van der Waals surface area contributed by atoms with Crippen molar-refractivity contribution in [2.75, 3.05) is 18.4 Å². The molecule has 2 heterocycles. The summed E-state index contributed by atoms with van der Waals surface area (Å²) in [7, 11) is 0. The van der Waals surface area contributed by atoms with Gasteiger partial charge in [-0.3, -0.25) is 10.3 Å². The predicted molar refractivity (Wildman–Crippen MR) is 107 cm³/mol. The number of anilines is 1. The van der Waals surface area contributed by atoms with Crippen LogP contribution in [0.5, 0.6) is 0 Å². The van der Waals surface area contributed by atoms with Gasteiger partial charge in [0.05, 0.1) is 5.70 Å². The molecule has 0 radical (unpaired) electrons. The summed E-state index contributed by atoms with van der Waals surface area (Å²) in [5.74, 6) is 0. The number of nitrogens with one attached hydrogen (secondary N) is 2. The van der Waals surface area contributed by atoms with E-state index in [1.807, 2.05) is 60.4 Å². The van der Waals surface area contributed by atoms with Gasteiger partial charge in [0.2, 0.25) is 0 Å². The number of carbonyl (C=O) groups is 1. The van der Waals surface area contributed by atoms with Gasteiger partial charge < -0.3 is 10.2 Å². The standard InChI is InChI=1S/C21H22ClN3O2/c1-15-2-8-18(9-3-15)23-20(26)25-12-10-21(11-13-25)14-19(24-27-21)16-4-6-17(22)7-5-16/h2-9,14,24H,10-13H2,1H3,(H,23,26). The summed E-state index contributed by atoms with van der Waals surface area (Å²) in [6, 6.07) is 15.4. The van der Waals surface area contributed by atoms with Crippen LogP contribution in [0.4, 0.5) is 10.5 Å². The maximum Gasteiger partial charge on any atom is 0.321 e. The van der Waals surface area contributed by atoms with E-state index in [2.05, 4.69) is 16.9 Å². The SMILES string of the molecule is Cc1ccc(NC(=O)N2CCC3(C=C(c4ccc(Cl)cc4)NO3)CC2)cc1. The summed E-state index contributed by atoms with van der Waals surface area (Å²) < 4.78 is 0. The highest BCUT2D eigenvalue weighted by atomic mass is 35.5. The average molecular weight is 384 g/mol. The zero-order valence-electron chi connectivity index (χ0n) is 15.2. The van der Waals surface area contributed by atoms with Crippen LogP contribution in [0.15, 0.2) is 54.6 Å². The zero-order chi connectivity index (χ0) is 18.9. The molecule has 1 fully saturated rings. The topological polar surface area (TPSA) is 53.6 Å². The second kappa shape index (κ2) is 7.25. The number of urea groups is 1. The Bertz CT molecular complexity index is 854. The lowest BCUT2D eigenvalue weighted by molar-refractivity contribution is -0.0634. The van der Waals surface area contributed by atoms with E-state index < -0.39 is 0 Å². The number of benzene rings is 2. The molecule has 2 aliphatic heterocycles. The Morgan fingerprint density at radius 2 is 1.78 bits per heavy atom. The van der Waals surface area contributed by atoms with E-state index >= 15 is 0 Å². The molecule has 0 atom stereocenters. The van der Waals surface area contributed by atoms with Crippen molar-refractivity contribution in [2.45, 2.75) is 25.4 Å². The Kier molecular flexibility index (Phi) is 4.81. The second-order valence-electron chi connectivity index (χ2n) is 7.12.